The summed E-state index contributed by atoms with van der Waals surface area (Å²) in [6, 6.07) is 14.5. The highest BCUT2D eigenvalue weighted by atomic mass is 16.5. The Bertz CT molecular complexity index is 710. The van der Waals surface area contributed by atoms with Crippen molar-refractivity contribution in [3.63, 3.8) is 0 Å². The number of hydrogen-bond acceptors (Lipinski definition) is 5. The maximum atomic E-state index is 10.8. The van der Waals surface area contributed by atoms with Gasteiger partial charge in [-0.3, -0.25) is 4.90 Å². The Morgan fingerprint density at radius 1 is 1.04 bits per heavy atom. The van der Waals surface area contributed by atoms with Crippen LogP contribution in [0.2, 0.25) is 0 Å². The van der Waals surface area contributed by atoms with Crippen LogP contribution >= 0.6 is 0 Å². The second-order valence-electron chi connectivity index (χ2n) is 5.88. The molecule has 3 rings (SSSR count). The zero-order valence-electron chi connectivity index (χ0n) is 14.2. The summed E-state index contributed by atoms with van der Waals surface area (Å²) in [6.07, 6.45) is 0. The highest BCUT2D eigenvalue weighted by Gasteiger charge is 2.19. The lowest BCUT2D eigenvalue weighted by Gasteiger charge is -2.36. The maximum absolute atomic E-state index is 10.8. The smallest absolute Gasteiger partial charge is 0.335 e. The van der Waals surface area contributed by atoms with Crippen LogP contribution in [0.3, 0.4) is 0 Å². The summed E-state index contributed by atoms with van der Waals surface area (Å²) in [5, 5.41) is 8.90. The first-order valence-electron chi connectivity index (χ1n) is 8.24. The van der Waals surface area contributed by atoms with Gasteiger partial charge < -0.3 is 19.5 Å². The molecule has 0 amide bonds. The third-order valence-electron chi connectivity index (χ3n) is 4.31. The standard InChI is InChI=1S/C19H22N2O4/c1-24-18-5-3-2-4-17(18)21-12-10-20(11-13-21)14-25-16-8-6-15(7-9-16)19(22)23/h2-9H,10-14H2,1H3,(H,22,23). The van der Waals surface area contributed by atoms with Crippen LogP contribution in [-0.2, 0) is 0 Å². The van der Waals surface area contributed by atoms with Crippen LogP contribution in [-0.4, -0.2) is 56.0 Å². The topological polar surface area (TPSA) is 62.2 Å². The Hall–Kier alpha value is -2.73. The minimum Gasteiger partial charge on any atom is -0.495 e. The third kappa shape index (κ3) is 4.22. The summed E-state index contributed by atoms with van der Waals surface area (Å²) in [6.45, 7) is 4.09. The van der Waals surface area contributed by atoms with Crippen LogP contribution in [0.25, 0.3) is 0 Å². The number of carboxylic acids is 1. The Kier molecular flexibility index (Phi) is 5.40. The molecule has 0 bridgehead atoms. The molecule has 0 saturated carbocycles. The molecule has 2 aromatic carbocycles. The molecule has 25 heavy (non-hydrogen) atoms. The van der Waals surface area contributed by atoms with Crippen molar-refractivity contribution in [2.24, 2.45) is 0 Å². The molecule has 132 valence electrons. The highest BCUT2D eigenvalue weighted by molar-refractivity contribution is 5.87. The SMILES string of the molecule is COc1ccccc1N1CCN(COc2ccc(C(=O)O)cc2)CC1. The van der Waals surface area contributed by atoms with E-state index in [1.54, 1.807) is 31.4 Å². The number of methoxy groups -OCH3 is 1. The van der Waals surface area contributed by atoms with Crippen LogP contribution in [0.15, 0.2) is 48.5 Å². The molecule has 6 nitrogen and oxygen atoms in total. The second kappa shape index (κ2) is 7.90. The molecule has 0 aromatic heterocycles. The van der Waals surface area contributed by atoms with Gasteiger partial charge in [0.05, 0.1) is 18.4 Å². The fraction of sp³-hybridized carbons (Fsp3) is 0.316. The summed E-state index contributed by atoms with van der Waals surface area (Å²) < 4.78 is 11.2. The van der Waals surface area contributed by atoms with Crippen LogP contribution in [0.1, 0.15) is 10.4 Å². The monoisotopic (exact) mass is 342 g/mol. The first-order valence-corrected chi connectivity index (χ1v) is 8.24. The quantitative estimate of drug-likeness (QED) is 0.870. The number of carbonyl (C=O) groups is 1. The molecular formula is C19H22N2O4. The van der Waals surface area contributed by atoms with E-state index in [9.17, 15) is 4.79 Å². The van der Waals surface area contributed by atoms with E-state index >= 15 is 0 Å². The fourth-order valence-corrected chi connectivity index (χ4v) is 2.87. The van der Waals surface area contributed by atoms with Crippen molar-refractivity contribution < 1.29 is 19.4 Å². The first-order chi connectivity index (χ1) is 12.2. The van der Waals surface area contributed by atoms with Gasteiger partial charge in [0.1, 0.15) is 18.2 Å². The molecular weight excluding hydrogens is 320 g/mol. The Morgan fingerprint density at radius 3 is 2.36 bits per heavy atom. The predicted octanol–water partition coefficient (Wildman–Crippen LogP) is 2.55. The normalized spacial score (nSPS) is 15.0. The highest BCUT2D eigenvalue weighted by Crippen LogP contribution is 2.28. The van der Waals surface area contributed by atoms with E-state index in [1.165, 1.54) is 0 Å². The van der Waals surface area contributed by atoms with E-state index in [1.807, 2.05) is 18.2 Å². The lowest BCUT2D eigenvalue weighted by atomic mass is 10.2. The zero-order valence-corrected chi connectivity index (χ0v) is 14.2. The van der Waals surface area contributed by atoms with Crippen LogP contribution in [0.4, 0.5) is 5.69 Å². The van der Waals surface area contributed by atoms with Crippen LogP contribution in [0, 0.1) is 0 Å². The van der Waals surface area contributed by atoms with E-state index in [4.69, 9.17) is 14.6 Å². The zero-order chi connectivity index (χ0) is 17.6. The molecule has 1 aliphatic rings. The molecule has 1 heterocycles. The van der Waals surface area contributed by atoms with Gasteiger partial charge in [0.25, 0.3) is 0 Å². The molecule has 1 fully saturated rings. The van der Waals surface area contributed by atoms with Crippen molar-refractivity contribution in [1.82, 2.24) is 4.90 Å². The minimum atomic E-state index is -0.931. The van der Waals surface area contributed by atoms with Crippen LogP contribution in [0.5, 0.6) is 11.5 Å². The molecule has 2 aromatic rings. The molecule has 0 radical (unpaired) electrons. The number of piperazine rings is 1. The molecule has 1 N–H and O–H groups in total. The van der Waals surface area contributed by atoms with Gasteiger partial charge in [-0.2, -0.15) is 0 Å². The number of ether oxygens (including phenoxy) is 2. The average Bonchev–Trinajstić information content (AvgIpc) is 2.67. The predicted molar refractivity (Wildman–Crippen MR) is 95.7 cm³/mol. The Morgan fingerprint density at radius 2 is 1.72 bits per heavy atom. The molecule has 0 spiro atoms. The van der Waals surface area contributed by atoms with Crippen molar-refractivity contribution in [3.8, 4) is 11.5 Å². The largest absolute Gasteiger partial charge is 0.495 e. The van der Waals surface area contributed by atoms with E-state index < -0.39 is 5.97 Å². The van der Waals surface area contributed by atoms with Gasteiger partial charge in [0, 0.05) is 26.2 Å². The van der Waals surface area contributed by atoms with Gasteiger partial charge in [-0.1, -0.05) is 12.1 Å². The number of aromatic carboxylic acids is 1. The van der Waals surface area contributed by atoms with E-state index in [0.717, 1.165) is 37.6 Å². The van der Waals surface area contributed by atoms with Gasteiger partial charge in [0.15, 0.2) is 0 Å². The maximum Gasteiger partial charge on any atom is 0.335 e. The minimum absolute atomic E-state index is 0.262. The summed E-state index contributed by atoms with van der Waals surface area (Å²) in [5.41, 5.74) is 1.38. The first kappa shape index (κ1) is 17.1. The van der Waals surface area contributed by atoms with Crippen molar-refractivity contribution in [2.45, 2.75) is 0 Å². The molecule has 0 unspecified atom stereocenters. The molecule has 1 aliphatic heterocycles. The van der Waals surface area contributed by atoms with Gasteiger partial charge in [-0.05, 0) is 36.4 Å². The fourth-order valence-electron chi connectivity index (χ4n) is 2.87. The third-order valence-corrected chi connectivity index (χ3v) is 4.31. The number of hydrogen-bond donors (Lipinski definition) is 1. The summed E-state index contributed by atoms with van der Waals surface area (Å²) in [5.74, 6) is 0.641. The Balaban J connectivity index is 1.50. The second-order valence-corrected chi connectivity index (χ2v) is 5.88. The Labute approximate surface area is 147 Å². The lowest BCUT2D eigenvalue weighted by Crippen LogP contribution is -2.47. The van der Waals surface area contributed by atoms with Crippen LogP contribution < -0.4 is 14.4 Å². The number of nitrogens with zero attached hydrogens (tertiary/aromatic N) is 2. The van der Waals surface area contributed by atoms with Crippen molar-refractivity contribution in [1.29, 1.82) is 0 Å². The van der Waals surface area contributed by atoms with Gasteiger partial charge in [0.2, 0.25) is 0 Å². The number of rotatable bonds is 6. The molecule has 6 heteroatoms. The molecule has 0 aliphatic carbocycles. The van der Waals surface area contributed by atoms with E-state index in [0.29, 0.717) is 12.5 Å². The van der Waals surface area contributed by atoms with Gasteiger partial charge in [-0.15, -0.1) is 0 Å². The summed E-state index contributed by atoms with van der Waals surface area (Å²) in [4.78, 5) is 15.4. The lowest BCUT2D eigenvalue weighted by molar-refractivity contribution is 0.0696. The average molecular weight is 342 g/mol. The van der Waals surface area contributed by atoms with Gasteiger partial charge in [-0.25, -0.2) is 4.79 Å². The number of carboxylic acid groups (broad SMARTS) is 1. The van der Waals surface area contributed by atoms with Crippen molar-refractivity contribution >= 4 is 11.7 Å². The number of benzene rings is 2. The summed E-state index contributed by atoms with van der Waals surface area (Å²) >= 11 is 0. The van der Waals surface area contributed by atoms with E-state index in [2.05, 4.69) is 15.9 Å². The number of para-hydroxylation sites is 2. The molecule has 1 saturated heterocycles. The summed E-state index contributed by atoms with van der Waals surface area (Å²) in [7, 11) is 1.69. The van der Waals surface area contributed by atoms with Crippen molar-refractivity contribution in [2.75, 3.05) is 44.9 Å². The van der Waals surface area contributed by atoms with Crippen molar-refractivity contribution in [3.05, 3.63) is 54.1 Å². The van der Waals surface area contributed by atoms with Gasteiger partial charge >= 0.3 is 5.97 Å². The van der Waals surface area contributed by atoms with E-state index in [-0.39, 0.29) is 5.56 Å². The number of anilines is 1. The molecule has 0 atom stereocenters.